The molecule has 1 saturated heterocycles. The Balaban J connectivity index is 1.47. The fourth-order valence-corrected chi connectivity index (χ4v) is 4.50. The second-order valence-electron chi connectivity index (χ2n) is 7.88. The number of nitrogens with one attached hydrogen (secondary N) is 2. The summed E-state index contributed by atoms with van der Waals surface area (Å²) in [4.78, 5) is 51.3. The maximum Gasteiger partial charge on any atom is 0.294 e. The molecule has 1 aliphatic rings. The van der Waals surface area contributed by atoms with Crippen molar-refractivity contribution in [2.75, 3.05) is 30.9 Å². The number of ether oxygens (including phenoxy) is 2. The van der Waals surface area contributed by atoms with Crippen LogP contribution in [0.1, 0.15) is 5.56 Å². The number of thioether (sulfide) groups is 1. The van der Waals surface area contributed by atoms with Crippen molar-refractivity contribution in [3.05, 3.63) is 88.3 Å². The Morgan fingerprint density at radius 1 is 0.947 bits per heavy atom. The van der Waals surface area contributed by atoms with Gasteiger partial charge in [-0.2, -0.15) is 0 Å². The highest BCUT2D eigenvalue weighted by atomic mass is 35.5. The van der Waals surface area contributed by atoms with Crippen LogP contribution in [-0.2, 0) is 14.4 Å². The maximum absolute atomic E-state index is 13.0. The van der Waals surface area contributed by atoms with E-state index in [0.717, 1.165) is 4.90 Å². The molecule has 2 N–H and O–H groups in total. The average Bonchev–Trinajstić information content (AvgIpc) is 3.16. The van der Waals surface area contributed by atoms with Crippen molar-refractivity contribution in [2.24, 2.45) is 0 Å². The molecule has 194 valence electrons. The molecule has 0 radical (unpaired) electrons. The highest BCUT2D eigenvalue weighted by Crippen LogP contribution is 2.37. The molecule has 0 saturated carbocycles. The molecule has 0 atom stereocenters. The Bertz CT molecular complexity index is 1410. The van der Waals surface area contributed by atoms with E-state index in [0.29, 0.717) is 39.5 Å². The minimum absolute atomic E-state index is 0.0902. The predicted octanol–water partition coefficient (Wildman–Crippen LogP) is 5.04. The van der Waals surface area contributed by atoms with Crippen molar-refractivity contribution >= 4 is 63.8 Å². The summed E-state index contributed by atoms with van der Waals surface area (Å²) in [6.07, 6.45) is 1.46. The Labute approximate surface area is 227 Å². The first-order chi connectivity index (χ1) is 18.4. The van der Waals surface area contributed by atoms with Gasteiger partial charge >= 0.3 is 0 Å². The van der Waals surface area contributed by atoms with Crippen LogP contribution in [-0.4, -0.2) is 48.1 Å². The van der Waals surface area contributed by atoms with E-state index < -0.39 is 29.5 Å². The summed E-state index contributed by atoms with van der Waals surface area (Å²) >= 11 is 6.75. The molecule has 4 amide bonds. The summed E-state index contributed by atoms with van der Waals surface area (Å²) in [6.45, 7) is -0.797. The van der Waals surface area contributed by atoms with Gasteiger partial charge in [-0.1, -0.05) is 54.1 Å². The molecule has 0 spiro atoms. The highest BCUT2D eigenvalue weighted by molar-refractivity contribution is 8.18. The first-order valence-electron chi connectivity index (χ1n) is 11.3. The largest absolute Gasteiger partial charge is 0.493 e. The lowest BCUT2D eigenvalue weighted by Gasteiger charge is -2.14. The van der Waals surface area contributed by atoms with Gasteiger partial charge in [-0.3, -0.25) is 24.1 Å². The first-order valence-corrected chi connectivity index (χ1v) is 12.5. The molecule has 1 heterocycles. The third-order valence-corrected chi connectivity index (χ3v) is 6.48. The van der Waals surface area contributed by atoms with Gasteiger partial charge < -0.3 is 20.1 Å². The summed E-state index contributed by atoms with van der Waals surface area (Å²) in [7, 11) is 1.45. The van der Waals surface area contributed by atoms with Gasteiger partial charge in [0.05, 0.1) is 22.7 Å². The fraction of sp³-hybridized carbons (Fsp3) is 0.111. The Morgan fingerprint density at radius 2 is 1.68 bits per heavy atom. The summed E-state index contributed by atoms with van der Waals surface area (Å²) < 4.78 is 11.1. The van der Waals surface area contributed by atoms with Crippen LogP contribution in [0.5, 0.6) is 11.5 Å². The van der Waals surface area contributed by atoms with Gasteiger partial charge in [0.15, 0.2) is 18.1 Å². The number of amides is 4. The predicted molar refractivity (Wildman–Crippen MR) is 146 cm³/mol. The Hall–Kier alpha value is -4.28. The lowest BCUT2D eigenvalue weighted by molar-refractivity contribution is -0.127. The normalized spacial score (nSPS) is 13.9. The molecule has 9 nitrogen and oxygen atoms in total. The first kappa shape index (κ1) is 26.8. The number of rotatable bonds is 9. The van der Waals surface area contributed by atoms with Crippen molar-refractivity contribution in [3.63, 3.8) is 0 Å². The number of imide groups is 1. The molecule has 0 bridgehead atoms. The second kappa shape index (κ2) is 12.3. The Morgan fingerprint density at radius 3 is 2.42 bits per heavy atom. The molecule has 1 fully saturated rings. The minimum Gasteiger partial charge on any atom is -0.493 e. The molecule has 4 rings (SSSR count). The van der Waals surface area contributed by atoms with Crippen molar-refractivity contribution < 1.29 is 28.7 Å². The molecule has 0 aliphatic carbocycles. The van der Waals surface area contributed by atoms with Gasteiger partial charge in [-0.25, -0.2) is 0 Å². The number of carbonyl (C=O) groups is 4. The van der Waals surface area contributed by atoms with E-state index >= 15 is 0 Å². The van der Waals surface area contributed by atoms with E-state index in [9.17, 15) is 19.2 Å². The number of halogens is 1. The number of hydrogen-bond acceptors (Lipinski definition) is 7. The number of nitrogens with zero attached hydrogens (tertiary/aromatic N) is 1. The molecule has 0 unspecified atom stereocenters. The third kappa shape index (κ3) is 6.53. The number of hydrogen-bond donors (Lipinski definition) is 2. The van der Waals surface area contributed by atoms with Gasteiger partial charge in [0.1, 0.15) is 6.54 Å². The van der Waals surface area contributed by atoms with Crippen molar-refractivity contribution in [1.29, 1.82) is 0 Å². The highest BCUT2D eigenvalue weighted by Gasteiger charge is 2.36. The number of benzene rings is 3. The summed E-state index contributed by atoms with van der Waals surface area (Å²) in [5, 5.41) is 5.05. The number of methoxy groups -OCH3 is 1. The van der Waals surface area contributed by atoms with E-state index in [1.165, 1.54) is 13.2 Å². The quantitative estimate of drug-likeness (QED) is 0.358. The smallest absolute Gasteiger partial charge is 0.294 e. The van der Waals surface area contributed by atoms with Gasteiger partial charge in [-0.15, -0.1) is 0 Å². The standard InChI is InChI=1S/C27H22ClN3O6S/c1-36-21-13-7-8-17(25(21)37-16-24(33)29-18-9-3-2-4-10-18)14-22-26(34)31(27(35)38-22)15-23(32)30-20-12-6-5-11-19(20)28/h2-14H,15-16H2,1H3,(H,29,33)(H,30,32)/b22-14+. The summed E-state index contributed by atoms with van der Waals surface area (Å²) in [6, 6.07) is 20.5. The van der Waals surface area contributed by atoms with Crippen LogP contribution in [0.4, 0.5) is 16.2 Å². The van der Waals surface area contributed by atoms with Crippen molar-refractivity contribution in [1.82, 2.24) is 4.90 Å². The van der Waals surface area contributed by atoms with Crippen LogP contribution in [0.15, 0.2) is 77.7 Å². The van der Waals surface area contributed by atoms with Crippen LogP contribution in [0.3, 0.4) is 0 Å². The van der Waals surface area contributed by atoms with Crippen LogP contribution in [0, 0.1) is 0 Å². The minimum atomic E-state index is -0.634. The molecular weight excluding hydrogens is 530 g/mol. The Kier molecular flexibility index (Phi) is 8.67. The lowest BCUT2D eigenvalue weighted by atomic mass is 10.1. The number of anilines is 2. The summed E-state index contributed by atoms with van der Waals surface area (Å²) in [5.74, 6) is -1.04. The van der Waals surface area contributed by atoms with Gasteiger partial charge in [0, 0.05) is 11.3 Å². The molecule has 11 heteroatoms. The van der Waals surface area contributed by atoms with E-state index in [2.05, 4.69) is 10.6 Å². The molecule has 38 heavy (non-hydrogen) atoms. The van der Waals surface area contributed by atoms with Crippen LogP contribution < -0.4 is 20.1 Å². The fourth-order valence-electron chi connectivity index (χ4n) is 3.49. The monoisotopic (exact) mass is 551 g/mol. The zero-order chi connectivity index (χ0) is 27.1. The van der Waals surface area contributed by atoms with Gasteiger partial charge in [0.25, 0.3) is 17.1 Å². The molecule has 0 aromatic heterocycles. The third-order valence-electron chi connectivity index (χ3n) is 5.24. The van der Waals surface area contributed by atoms with Crippen LogP contribution in [0.25, 0.3) is 6.08 Å². The number of carbonyl (C=O) groups excluding carboxylic acids is 4. The molecular formula is C27H22ClN3O6S. The SMILES string of the molecule is COc1cccc(/C=C2/SC(=O)N(CC(=O)Nc3ccccc3Cl)C2=O)c1OCC(=O)Nc1ccccc1. The van der Waals surface area contributed by atoms with Gasteiger partial charge in [-0.05, 0) is 48.2 Å². The zero-order valence-electron chi connectivity index (χ0n) is 20.1. The summed E-state index contributed by atoms with van der Waals surface area (Å²) in [5.41, 5.74) is 1.41. The van der Waals surface area contributed by atoms with Gasteiger partial charge in [0.2, 0.25) is 5.91 Å². The number of para-hydroxylation sites is 3. The molecule has 3 aromatic rings. The average molecular weight is 552 g/mol. The molecule has 3 aromatic carbocycles. The van der Waals surface area contributed by atoms with E-state index in [4.69, 9.17) is 21.1 Å². The van der Waals surface area contributed by atoms with E-state index in [1.54, 1.807) is 66.7 Å². The molecule has 1 aliphatic heterocycles. The van der Waals surface area contributed by atoms with Crippen LogP contribution >= 0.6 is 23.4 Å². The van der Waals surface area contributed by atoms with Crippen LogP contribution in [0.2, 0.25) is 5.02 Å². The second-order valence-corrected chi connectivity index (χ2v) is 9.28. The zero-order valence-corrected chi connectivity index (χ0v) is 21.7. The maximum atomic E-state index is 13.0. The van der Waals surface area contributed by atoms with Crippen molar-refractivity contribution in [2.45, 2.75) is 0 Å². The lowest BCUT2D eigenvalue weighted by Crippen LogP contribution is -2.36. The van der Waals surface area contributed by atoms with E-state index in [-0.39, 0.29) is 17.3 Å². The van der Waals surface area contributed by atoms with Crippen molar-refractivity contribution in [3.8, 4) is 11.5 Å². The topological polar surface area (TPSA) is 114 Å². The van der Waals surface area contributed by atoms with E-state index in [1.807, 2.05) is 6.07 Å².